The molecular weight excluding hydrogens is 400 g/mol. The van der Waals surface area contributed by atoms with Crippen molar-refractivity contribution >= 4 is 0 Å². The molecule has 3 aromatic rings. The molecule has 4 rings (SSSR count). The molecule has 2 heterocycles. The smallest absolute Gasteiger partial charge is 0.131 e. The Bertz CT molecular complexity index is 981. The van der Waals surface area contributed by atoms with Gasteiger partial charge in [0.15, 0.2) is 0 Å². The van der Waals surface area contributed by atoms with Crippen molar-refractivity contribution in [3.05, 3.63) is 65.9 Å². The lowest BCUT2D eigenvalue weighted by molar-refractivity contribution is 0.147. The van der Waals surface area contributed by atoms with Gasteiger partial charge in [-0.3, -0.25) is 10.00 Å². The minimum absolute atomic E-state index is 0.734. The molecule has 0 saturated carbocycles. The van der Waals surface area contributed by atoms with Crippen LogP contribution < -0.4 is 9.47 Å². The van der Waals surface area contributed by atoms with Crippen LogP contribution in [0.1, 0.15) is 24.0 Å². The molecule has 6 nitrogen and oxygen atoms in total. The largest absolute Gasteiger partial charge is 0.497 e. The number of nitrogens with zero attached hydrogens (tertiary/aromatic N) is 3. The number of hydrogen-bond acceptors (Lipinski definition) is 5. The van der Waals surface area contributed by atoms with Crippen LogP contribution in [0, 0.1) is 5.92 Å². The van der Waals surface area contributed by atoms with Gasteiger partial charge in [0.05, 0.1) is 26.1 Å². The van der Waals surface area contributed by atoms with Crippen molar-refractivity contribution in [2.24, 2.45) is 5.92 Å². The molecule has 0 atom stereocenters. The van der Waals surface area contributed by atoms with E-state index >= 15 is 0 Å². The summed E-state index contributed by atoms with van der Waals surface area (Å²) in [6.07, 6.45) is 4.43. The van der Waals surface area contributed by atoms with Gasteiger partial charge in [0, 0.05) is 36.8 Å². The van der Waals surface area contributed by atoms with Crippen molar-refractivity contribution in [2.45, 2.75) is 25.9 Å². The minimum atomic E-state index is 0.734. The first kappa shape index (κ1) is 22.4. The van der Waals surface area contributed by atoms with Crippen molar-refractivity contribution in [2.75, 3.05) is 40.9 Å². The summed E-state index contributed by atoms with van der Waals surface area (Å²) in [4.78, 5) is 5.00. The summed E-state index contributed by atoms with van der Waals surface area (Å²) >= 11 is 0. The van der Waals surface area contributed by atoms with Gasteiger partial charge in [0.1, 0.15) is 11.5 Å². The molecule has 170 valence electrons. The Kier molecular flexibility index (Phi) is 7.45. The Hall–Kier alpha value is -2.83. The van der Waals surface area contributed by atoms with Crippen molar-refractivity contribution in [3.8, 4) is 22.8 Å². The number of likely N-dealkylation sites (tertiary alicyclic amines) is 1. The molecule has 6 heteroatoms. The third-order valence-corrected chi connectivity index (χ3v) is 6.36. The van der Waals surface area contributed by atoms with Gasteiger partial charge in [-0.1, -0.05) is 30.3 Å². The molecular formula is C26H34N4O2. The van der Waals surface area contributed by atoms with E-state index < -0.39 is 0 Å². The molecule has 1 aromatic heterocycles. The second-order valence-electron chi connectivity index (χ2n) is 8.74. The van der Waals surface area contributed by atoms with Crippen LogP contribution >= 0.6 is 0 Å². The molecule has 0 unspecified atom stereocenters. The van der Waals surface area contributed by atoms with Crippen LogP contribution in [0.2, 0.25) is 0 Å². The Balaban J connectivity index is 1.32. The maximum atomic E-state index is 5.60. The maximum Gasteiger partial charge on any atom is 0.131 e. The van der Waals surface area contributed by atoms with Gasteiger partial charge in [0.2, 0.25) is 0 Å². The summed E-state index contributed by atoms with van der Waals surface area (Å²) in [5.74, 6) is 2.29. The van der Waals surface area contributed by atoms with Crippen molar-refractivity contribution < 1.29 is 9.47 Å². The summed E-state index contributed by atoms with van der Waals surface area (Å²) in [7, 11) is 5.56. The van der Waals surface area contributed by atoms with Gasteiger partial charge in [-0.15, -0.1) is 0 Å². The average Bonchev–Trinajstić information content (AvgIpc) is 3.28. The molecule has 2 aromatic carbocycles. The van der Waals surface area contributed by atoms with Gasteiger partial charge in [-0.2, -0.15) is 5.10 Å². The number of aromatic amines is 1. The number of H-pyrrole nitrogens is 1. The Labute approximate surface area is 191 Å². The second kappa shape index (κ2) is 10.7. The molecule has 0 amide bonds. The lowest BCUT2D eigenvalue weighted by Gasteiger charge is -2.34. The molecule has 0 aliphatic carbocycles. The molecule has 1 N–H and O–H groups in total. The third-order valence-electron chi connectivity index (χ3n) is 6.36. The van der Waals surface area contributed by atoms with E-state index in [4.69, 9.17) is 9.47 Å². The van der Waals surface area contributed by atoms with Gasteiger partial charge < -0.3 is 14.4 Å². The number of hydrogen-bond donors (Lipinski definition) is 1. The van der Waals surface area contributed by atoms with E-state index in [-0.39, 0.29) is 0 Å². The molecule has 0 spiro atoms. The Morgan fingerprint density at radius 3 is 2.56 bits per heavy atom. The predicted molar refractivity (Wildman–Crippen MR) is 128 cm³/mol. The van der Waals surface area contributed by atoms with E-state index in [0.29, 0.717) is 0 Å². The van der Waals surface area contributed by atoms with Gasteiger partial charge in [-0.25, -0.2) is 0 Å². The fourth-order valence-corrected chi connectivity index (χ4v) is 4.63. The first-order valence-electron chi connectivity index (χ1n) is 11.4. The van der Waals surface area contributed by atoms with Crippen LogP contribution in [-0.2, 0) is 13.1 Å². The van der Waals surface area contributed by atoms with Crippen LogP contribution in [0.5, 0.6) is 11.5 Å². The Morgan fingerprint density at radius 1 is 1.06 bits per heavy atom. The minimum Gasteiger partial charge on any atom is -0.497 e. The fraction of sp³-hybridized carbons (Fsp3) is 0.423. The van der Waals surface area contributed by atoms with Gasteiger partial charge >= 0.3 is 0 Å². The van der Waals surface area contributed by atoms with E-state index in [1.54, 1.807) is 14.2 Å². The van der Waals surface area contributed by atoms with Crippen molar-refractivity contribution in [3.63, 3.8) is 0 Å². The summed E-state index contributed by atoms with van der Waals surface area (Å²) in [6, 6.07) is 16.7. The fourth-order valence-electron chi connectivity index (χ4n) is 4.63. The number of nitrogens with one attached hydrogen (secondary N) is 1. The molecule has 1 fully saturated rings. The van der Waals surface area contributed by atoms with E-state index in [1.165, 1.54) is 37.1 Å². The van der Waals surface area contributed by atoms with Crippen molar-refractivity contribution in [1.82, 2.24) is 20.0 Å². The summed E-state index contributed by atoms with van der Waals surface area (Å²) in [5.41, 5.74) is 4.60. The summed E-state index contributed by atoms with van der Waals surface area (Å²) < 4.78 is 10.9. The monoisotopic (exact) mass is 434 g/mol. The quantitative estimate of drug-likeness (QED) is 0.540. The molecule has 32 heavy (non-hydrogen) atoms. The van der Waals surface area contributed by atoms with Crippen molar-refractivity contribution in [1.29, 1.82) is 0 Å². The lowest BCUT2D eigenvalue weighted by atomic mass is 9.95. The van der Waals surface area contributed by atoms with Crippen LogP contribution in [0.25, 0.3) is 11.3 Å². The maximum absolute atomic E-state index is 5.60. The molecule has 0 bridgehead atoms. The SMILES string of the molecule is COc1ccc(-c2[nH]ncc2CN(C)CC2CCN(Cc3ccccc3)CC2)c(OC)c1. The number of methoxy groups -OCH3 is 2. The highest BCUT2D eigenvalue weighted by molar-refractivity contribution is 5.71. The molecule has 0 radical (unpaired) electrons. The zero-order valence-corrected chi connectivity index (χ0v) is 19.4. The number of rotatable bonds is 9. The summed E-state index contributed by atoms with van der Waals surface area (Å²) in [5, 5.41) is 7.49. The molecule has 1 aliphatic heterocycles. The third kappa shape index (κ3) is 5.50. The molecule has 1 saturated heterocycles. The number of aromatic nitrogens is 2. The van der Waals surface area contributed by atoms with Gasteiger partial charge in [0.25, 0.3) is 0 Å². The highest BCUT2D eigenvalue weighted by atomic mass is 16.5. The average molecular weight is 435 g/mol. The predicted octanol–water partition coefficient (Wildman–Crippen LogP) is 4.44. The number of benzene rings is 2. The van der Waals surface area contributed by atoms with E-state index in [1.807, 2.05) is 24.4 Å². The standard InChI is InChI=1S/C26H34N4O2/c1-29(17-21-11-13-30(14-12-21)18-20-7-5-4-6-8-20)19-22-16-27-28-26(22)24-10-9-23(31-2)15-25(24)32-3/h4-10,15-16,21H,11-14,17-19H2,1-3H3,(H,27,28). The summed E-state index contributed by atoms with van der Waals surface area (Å²) in [6.45, 7) is 5.36. The topological polar surface area (TPSA) is 53.6 Å². The van der Waals surface area contributed by atoms with Crippen LogP contribution in [0.15, 0.2) is 54.7 Å². The number of ether oxygens (including phenoxy) is 2. The highest BCUT2D eigenvalue weighted by Gasteiger charge is 2.21. The zero-order chi connectivity index (χ0) is 22.3. The first-order valence-corrected chi connectivity index (χ1v) is 11.4. The number of piperidine rings is 1. The molecule has 1 aliphatic rings. The van der Waals surface area contributed by atoms with Crippen LogP contribution in [0.4, 0.5) is 0 Å². The van der Waals surface area contributed by atoms with Gasteiger partial charge in [-0.05, 0) is 56.6 Å². The van der Waals surface area contributed by atoms with E-state index in [0.717, 1.165) is 48.3 Å². The van der Waals surface area contributed by atoms with Crippen LogP contribution in [0.3, 0.4) is 0 Å². The van der Waals surface area contributed by atoms with E-state index in [2.05, 4.69) is 57.4 Å². The second-order valence-corrected chi connectivity index (χ2v) is 8.74. The van der Waals surface area contributed by atoms with Crippen LogP contribution in [-0.4, -0.2) is 60.9 Å². The normalized spacial score (nSPS) is 15.2. The highest BCUT2D eigenvalue weighted by Crippen LogP contribution is 2.34. The first-order chi connectivity index (χ1) is 15.7. The zero-order valence-electron chi connectivity index (χ0n) is 19.4. The van der Waals surface area contributed by atoms with E-state index in [9.17, 15) is 0 Å². The lowest BCUT2D eigenvalue weighted by Crippen LogP contribution is -2.37. The Morgan fingerprint density at radius 2 is 1.84 bits per heavy atom.